The fourth-order valence-corrected chi connectivity index (χ4v) is 2.94. The van der Waals surface area contributed by atoms with Crippen LogP contribution in [0.5, 0.6) is 5.75 Å². The van der Waals surface area contributed by atoms with Crippen molar-refractivity contribution >= 4 is 12.0 Å². The van der Waals surface area contributed by atoms with E-state index in [0.29, 0.717) is 0 Å². The third kappa shape index (κ3) is 5.06. The number of carbonyl (C=O) groups is 2. The van der Waals surface area contributed by atoms with Gasteiger partial charge in [-0.1, -0.05) is 0 Å². The monoisotopic (exact) mass is 370 g/mol. The predicted octanol–water partition coefficient (Wildman–Crippen LogP) is 2.72. The van der Waals surface area contributed by atoms with Crippen molar-refractivity contribution < 1.29 is 27.8 Å². The summed E-state index contributed by atoms with van der Waals surface area (Å²) in [7, 11) is 1.31. The molecule has 8 heteroatoms. The van der Waals surface area contributed by atoms with Crippen molar-refractivity contribution in [2.24, 2.45) is 5.92 Å². The molecule has 2 rings (SSSR count). The summed E-state index contributed by atoms with van der Waals surface area (Å²) in [4.78, 5) is 23.6. The molecule has 1 aliphatic rings. The molecule has 0 aliphatic carbocycles. The second-order valence-electron chi connectivity index (χ2n) is 7.26. The van der Waals surface area contributed by atoms with Crippen LogP contribution in [0.4, 0.5) is 13.6 Å². The molecule has 2 unspecified atom stereocenters. The summed E-state index contributed by atoms with van der Waals surface area (Å²) in [5.41, 5.74) is -0.824. The van der Waals surface area contributed by atoms with Gasteiger partial charge in [0, 0.05) is 49.0 Å². The van der Waals surface area contributed by atoms with Crippen molar-refractivity contribution in [1.82, 2.24) is 10.6 Å². The van der Waals surface area contributed by atoms with Crippen LogP contribution >= 0.6 is 0 Å². The lowest BCUT2D eigenvalue weighted by molar-refractivity contribution is -0.123. The second-order valence-corrected chi connectivity index (χ2v) is 7.26. The minimum atomic E-state index is -0.774. The van der Waals surface area contributed by atoms with Gasteiger partial charge >= 0.3 is 6.09 Å². The number of ether oxygens (including phenoxy) is 2. The maximum absolute atomic E-state index is 14.4. The number of carbonyl (C=O) groups excluding carboxylic acids is 2. The number of hydrogen-bond acceptors (Lipinski definition) is 4. The normalized spacial score (nSPS) is 20.3. The van der Waals surface area contributed by atoms with Crippen molar-refractivity contribution in [1.29, 1.82) is 0 Å². The van der Waals surface area contributed by atoms with E-state index in [0.717, 1.165) is 12.1 Å². The number of halogens is 2. The largest absolute Gasteiger partial charge is 0.497 e. The minimum Gasteiger partial charge on any atom is -0.497 e. The van der Waals surface area contributed by atoms with Crippen LogP contribution in [-0.4, -0.2) is 37.8 Å². The van der Waals surface area contributed by atoms with E-state index < -0.39 is 29.2 Å². The molecule has 0 radical (unpaired) electrons. The predicted molar refractivity (Wildman–Crippen MR) is 91.0 cm³/mol. The molecule has 0 saturated carbocycles. The molecule has 2 N–H and O–H groups in total. The molecule has 1 aromatic carbocycles. The first-order chi connectivity index (χ1) is 12.1. The number of benzene rings is 1. The topological polar surface area (TPSA) is 76.7 Å². The van der Waals surface area contributed by atoms with Crippen molar-refractivity contribution in [2.75, 3.05) is 20.2 Å². The van der Waals surface area contributed by atoms with Crippen molar-refractivity contribution in [3.05, 3.63) is 29.3 Å². The Morgan fingerprint density at radius 2 is 1.92 bits per heavy atom. The van der Waals surface area contributed by atoms with E-state index in [1.54, 1.807) is 20.8 Å². The van der Waals surface area contributed by atoms with Crippen LogP contribution in [-0.2, 0) is 9.53 Å². The van der Waals surface area contributed by atoms with Gasteiger partial charge in [0.2, 0.25) is 5.91 Å². The Bertz CT molecular complexity index is 665. The van der Waals surface area contributed by atoms with Crippen molar-refractivity contribution in [3.63, 3.8) is 0 Å². The maximum atomic E-state index is 14.4. The quantitative estimate of drug-likeness (QED) is 0.854. The fourth-order valence-electron chi connectivity index (χ4n) is 2.94. The molecule has 26 heavy (non-hydrogen) atoms. The van der Waals surface area contributed by atoms with Crippen LogP contribution in [0.3, 0.4) is 0 Å². The molecule has 1 aromatic rings. The van der Waals surface area contributed by atoms with E-state index in [1.807, 2.05) is 0 Å². The molecular weight excluding hydrogens is 346 g/mol. The van der Waals surface area contributed by atoms with E-state index in [-0.39, 0.29) is 42.6 Å². The number of methoxy groups -OCH3 is 1. The van der Waals surface area contributed by atoms with Gasteiger partial charge in [-0.2, -0.15) is 0 Å². The first-order valence-corrected chi connectivity index (χ1v) is 8.37. The summed E-state index contributed by atoms with van der Waals surface area (Å²) in [5, 5.41) is 5.27. The lowest BCUT2D eigenvalue weighted by Gasteiger charge is -2.32. The highest BCUT2D eigenvalue weighted by Crippen LogP contribution is 2.35. The molecule has 0 spiro atoms. The Kier molecular flexibility index (Phi) is 6.05. The Hall–Kier alpha value is -2.38. The van der Waals surface area contributed by atoms with E-state index in [1.165, 1.54) is 7.11 Å². The summed E-state index contributed by atoms with van der Waals surface area (Å²) in [5.74, 6) is -2.86. The van der Waals surface area contributed by atoms with Crippen LogP contribution in [0.2, 0.25) is 0 Å². The number of hydrogen-bond donors (Lipinski definition) is 2. The average molecular weight is 370 g/mol. The Labute approximate surface area is 151 Å². The standard InChI is InChI=1S/C18H24F2N2O4/c1-18(2,3)26-17(24)22-9-10-8-21-15(23)7-12(10)16-13(19)5-11(25-4)6-14(16)20/h5-6,10,12H,7-9H2,1-4H3,(H,21,23)(H,22,24). The zero-order valence-corrected chi connectivity index (χ0v) is 15.3. The van der Waals surface area contributed by atoms with Gasteiger partial charge < -0.3 is 20.1 Å². The lowest BCUT2D eigenvalue weighted by atomic mass is 9.80. The van der Waals surface area contributed by atoms with Crippen LogP contribution in [0.15, 0.2) is 12.1 Å². The third-order valence-electron chi connectivity index (χ3n) is 4.10. The number of nitrogens with one attached hydrogen (secondary N) is 2. The Morgan fingerprint density at radius 3 is 2.46 bits per heavy atom. The van der Waals surface area contributed by atoms with Gasteiger partial charge in [0.1, 0.15) is 23.0 Å². The van der Waals surface area contributed by atoms with Gasteiger partial charge in [0.05, 0.1) is 7.11 Å². The number of rotatable bonds is 4. The Balaban J connectivity index is 2.18. The smallest absolute Gasteiger partial charge is 0.407 e. The van der Waals surface area contributed by atoms with E-state index in [9.17, 15) is 18.4 Å². The first-order valence-electron chi connectivity index (χ1n) is 8.37. The molecule has 1 heterocycles. The Morgan fingerprint density at radius 1 is 1.31 bits per heavy atom. The van der Waals surface area contributed by atoms with Gasteiger partial charge in [-0.3, -0.25) is 4.79 Å². The van der Waals surface area contributed by atoms with Gasteiger partial charge in [-0.05, 0) is 20.8 Å². The van der Waals surface area contributed by atoms with Crippen LogP contribution < -0.4 is 15.4 Å². The molecule has 0 bridgehead atoms. The van der Waals surface area contributed by atoms with Crippen molar-refractivity contribution in [3.8, 4) is 5.75 Å². The maximum Gasteiger partial charge on any atom is 0.407 e. The SMILES string of the molecule is COc1cc(F)c(C2CC(=O)NCC2CNC(=O)OC(C)(C)C)c(F)c1. The molecular formula is C18H24F2N2O4. The summed E-state index contributed by atoms with van der Waals surface area (Å²) in [6, 6.07) is 2.17. The van der Waals surface area contributed by atoms with Crippen molar-refractivity contribution in [2.45, 2.75) is 38.7 Å². The summed E-state index contributed by atoms with van der Waals surface area (Å²) < 4.78 is 38.9. The number of alkyl carbamates (subject to hydrolysis) is 1. The highest BCUT2D eigenvalue weighted by Gasteiger charge is 2.35. The zero-order chi connectivity index (χ0) is 19.5. The van der Waals surface area contributed by atoms with Gasteiger partial charge in [-0.15, -0.1) is 0 Å². The number of piperidine rings is 1. The number of amides is 2. The van der Waals surface area contributed by atoms with E-state index >= 15 is 0 Å². The minimum absolute atomic E-state index is 0.0624. The molecule has 1 aliphatic heterocycles. The average Bonchev–Trinajstić information content (AvgIpc) is 2.51. The molecule has 1 fully saturated rings. The zero-order valence-electron chi connectivity index (χ0n) is 15.3. The van der Waals surface area contributed by atoms with E-state index in [2.05, 4.69) is 10.6 Å². The van der Waals surface area contributed by atoms with Crippen LogP contribution in [0, 0.1) is 17.6 Å². The highest BCUT2D eigenvalue weighted by molar-refractivity contribution is 5.78. The van der Waals surface area contributed by atoms with Gasteiger partial charge in [-0.25, -0.2) is 13.6 Å². The first kappa shape index (κ1) is 19.9. The summed E-state index contributed by atoms with van der Waals surface area (Å²) in [6.07, 6.45) is -0.690. The van der Waals surface area contributed by atoms with Gasteiger partial charge in [0.15, 0.2) is 0 Å². The molecule has 2 amide bonds. The molecule has 1 saturated heterocycles. The summed E-state index contributed by atoms with van der Waals surface area (Å²) >= 11 is 0. The fraction of sp³-hybridized carbons (Fsp3) is 0.556. The third-order valence-corrected chi connectivity index (χ3v) is 4.10. The van der Waals surface area contributed by atoms with Crippen LogP contribution in [0.1, 0.15) is 38.7 Å². The summed E-state index contributed by atoms with van der Waals surface area (Å²) in [6.45, 7) is 5.52. The molecule has 6 nitrogen and oxygen atoms in total. The van der Waals surface area contributed by atoms with E-state index in [4.69, 9.17) is 9.47 Å². The lowest BCUT2D eigenvalue weighted by Crippen LogP contribution is -2.46. The van der Waals surface area contributed by atoms with Crippen LogP contribution in [0.25, 0.3) is 0 Å². The molecule has 144 valence electrons. The van der Waals surface area contributed by atoms with Gasteiger partial charge in [0.25, 0.3) is 0 Å². The molecule has 0 aromatic heterocycles. The highest BCUT2D eigenvalue weighted by atomic mass is 19.1. The molecule has 2 atom stereocenters. The second kappa shape index (κ2) is 7.88.